The van der Waals surface area contributed by atoms with Gasteiger partial charge in [-0.05, 0) is 32.6 Å². The molecule has 2 aliphatic rings. The number of amides is 1. The first-order valence-corrected chi connectivity index (χ1v) is 6.55. The van der Waals surface area contributed by atoms with Gasteiger partial charge in [0.15, 0.2) is 0 Å². The Bertz CT molecular complexity index is 301. The van der Waals surface area contributed by atoms with E-state index in [4.69, 9.17) is 4.74 Å². The van der Waals surface area contributed by atoms with Gasteiger partial charge < -0.3 is 14.7 Å². The van der Waals surface area contributed by atoms with Crippen LogP contribution in [0, 0.1) is 11.8 Å². The Morgan fingerprint density at radius 1 is 1.53 bits per heavy atom. The van der Waals surface area contributed by atoms with E-state index >= 15 is 0 Å². The number of hydrogen-bond donors (Lipinski definition) is 1. The lowest BCUT2D eigenvalue weighted by Gasteiger charge is -2.26. The molecule has 2 fully saturated rings. The Balaban J connectivity index is 1.89. The molecule has 0 aromatic carbocycles. The highest BCUT2D eigenvalue weighted by molar-refractivity contribution is 5.78. The van der Waals surface area contributed by atoms with Crippen LogP contribution in [0.15, 0.2) is 0 Å². The third-order valence-electron chi connectivity index (χ3n) is 3.97. The van der Waals surface area contributed by atoms with Crippen molar-refractivity contribution in [3.8, 4) is 0 Å². The number of aliphatic hydroxyl groups is 1. The molecule has 4 nitrogen and oxygen atoms in total. The molecule has 17 heavy (non-hydrogen) atoms. The zero-order valence-corrected chi connectivity index (χ0v) is 11.0. The second-order valence-electron chi connectivity index (χ2n) is 5.80. The third kappa shape index (κ3) is 2.63. The SMILES string of the molecule is CC(C)OCC(=O)N1C[C@@H](C)[C@](O)(C2CC2)C1. The summed E-state index contributed by atoms with van der Waals surface area (Å²) in [7, 11) is 0. The lowest BCUT2D eigenvalue weighted by Crippen LogP contribution is -2.41. The quantitative estimate of drug-likeness (QED) is 0.800. The molecule has 4 heteroatoms. The standard InChI is InChI=1S/C13H23NO3/c1-9(2)17-7-12(15)14-6-10(3)13(16,8-14)11-4-5-11/h9-11,16H,4-8H2,1-3H3/t10-,13+/m1/s1. The van der Waals surface area contributed by atoms with Crippen molar-refractivity contribution in [1.82, 2.24) is 4.90 Å². The summed E-state index contributed by atoms with van der Waals surface area (Å²) < 4.78 is 5.32. The van der Waals surface area contributed by atoms with E-state index in [1.807, 2.05) is 20.8 Å². The molecular formula is C13H23NO3. The van der Waals surface area contributed by atoms with E-state index in [1.165, 1.54) is 0 Å². The van der Waals surface area contributed by atoms with Gasteiger partial charge in [-0.3, -0.25) is 4.79 Å². The largest absolute Gasteiger partial charge is 0.387 e. The first-order chi connectivity index (χ1) is 7.93. The summed E-state index contributed by atoms with van der Waals surface area (Å²) in [5.41, 5.74) is -0.645. The molecule has 1 saturated heterocycles. The Kier molecular flexibility index (Phi) is 3.46. The molecule has 1 aliphatic carbocycles. The maximum Gasteiger partial charge on any atom is 0.248 e. The van der Waals surface area contributed by atoms with Crippen LogP contribution in [0.1, 0.15) is 33.6 Å². The van der Waals surface area contributed by atoms with E-state index in [2.05, 4.69) is 0 Å². The van der Waals surface area contributed by atoms with E-state index in [0.717, 1.165) is 12.8 Å². The van der Waals surface area contributed by atoms with Crippen molar-refractivity contribution < 1.29 is 14.6 Å². The smallest absolute Gasteiger partial charge is 0.248 e. The average Bonchev–Trinajstić information content (AvgIpc) is 3.04. The third-order valence-corrected chi connectivity index (χ3v) is 3.97. The highest BCUT2D eigenvalue weighted by Gasteiger charge is 2.53. The van der Waals surface area contributed by atoms with Crippen molar-refractivity contribution in [2.75, 3.05) is 19.7 Å². The maximum absolute atomic E-state index is 11.9. The fourth-order valence-electron chi connectivity index (χ4n) is 2.65. The normalized spacial score (nSPS) is 33.5. The summed E-state index contributed by atoms with van der Waals surface area (Å²) in [5, 5.41) is 10.6. The molecule has 0 bridgehead atoms. The van der Waals surface area contributed by atoms with Crippen LogP contribution in [0.5, 0.6) is 0 Å². The molecule has 1 heterocycles. The molecule has 0 radical (unpaired) electrons. The molecule has 0 spiro atoms. The Hall–Kier alpha value is -0.610. The van der Waals surface area contributed by atoms with Crippen LogP contribution in [0.4, 0.5) is 0 Å². The number of rotatable bonds is 4. The van der Waals surface area contributed by atoms with Crippen molar-refractivity contribution in [2.24, 2.45) is 11.8 Å². The summed E-state index contributed by atoms with van der Waals surface area (Å²) in [6.07, 6.45) is 2.28. The van der Waals surface area contributed by atoms with Gasteiger partial charge in [0, 0.05) is 12.5 Å². The van der Waals surface area contributed by atoms with Crippen LogP contribution in [-0.4, -0.2) is 47.3 Å². The van der Waals surface area contributed by atoms with Crippen molar-refractivity contribution in [1.29, 1.82) is 0 Å². The van der Waals surface area contributed by atoms with Crippen LogP contribution in [-0.2, 0) is 9.53 Å². The van der Waals surface area contributed by atoms with Crippen LogP contribution >= 0.6 is 0 Å². The average molecular weight is 241 g/mol. The van der Waals surface area contributed by atoms with Crippen molar-refractivity contribution in [2.45, 2.75) is 45.3 Å². The maximum atomic E-state index is 11.9. The van der Waals surface area contributed by atoms with Crippen LogP contribution in [0.3, 0.4) is 0 Å². The van der Waals surface area contributed by atoms with Crippen molar-refractivity contribution >= 4 is 5.91 Å². The van der Waals surface area contributed by atoms with E-state index in [0.29, 0.717) is 19.0 Å². The molecular weight excluding hydrogens is 218 g/mol. The van der Waals surface area contributed by atoms with Gasteiger partial charge in [-0.1, -0.05) is 6.92 Å². The predicted molar refractivity (Wildman–Crippen MR) is 64.5 cm³/mol. The van der Waals surface area contributed by atoms with Crippen LogP contribution in [0.25, 0.3) is 0 Å². The lowest BCUT2D eigenvalue weighted by atomic mass is 9.88. The molecule has 98 valence electrons. The lowest BCUT2D eigenvalue weighted by molar-refractivity contribution is -0.137. The minimum atomic E-state index is -0.645. The van der Waals surface area contributed by atoms with Gasteiger partial charge in [0.1, 0.15) is 6.61 Å². The molecule has 1 amide bonds. The summed E-state index contributed by atoms with van der Waals surface area (Å²) in [6, 6.07) is 0. The highest BCUT2D eigenvalue weighted by atomic mass is 16.5. The summed E-state index contributed by atoms with van der Waals surface area (Å²) in [5.74, 6) is 0.585. The summed E-state index contributed by atoms with van der Waals surface area (Å²) >= 11 is 0. The number of likely N-dealkylation sites (tertiary alicyclic amines) is 1. The minimum absolute atomic E-state index is 0.00197. The molecule has 0 aromatic rings. The predicted octanol–water partition coefficient (Wildman–Crippen LogP) is 1.03. The number of ether oxygens (including phenoxy) is 1. The first kappa shape index (κ1) is 12.8. The van der Waals surface area contributed by atoms with E-state index in [-0.39, 0.29) is 24.5 Å². The van der Waals surface area contributed by atoms with Gasteiger partial charge in [0.2, 0.25) is 5.91 Å². The zero-order chi connectivity index (χ0) is 12.6. The number of carbonyl (C=O) groups is 1. The van der Waals surface area contributed by atoms with Gasteiger partial charge in [0.25, 0.3) is 0 Å². The van der Waals surface area contributed by atoms with Gasteiger partial charge >= 0.3 is 0 Å². The Labute approximate surface area is 103 Å². The van der Waals surface area contributed by atoms with Gasteiger partial charge in [-0.2, -0.15) is 0 Å². The fraction of sp³-hybridized carbons (Fsp3) is 0.923. The molecule has 2 rings (SSSR count). The van der Waals surface area contributed by atoms with Gasteiger partial charge in [0.05, 0.1) is 18.2 Å². The van der Waals surface area contributed by atoms with Gasteiger partial charge in [-0.25, -0.2) is 0 Å². The molecule has 2 atom stereocenters. The number of β-amino-alcohol motifs (C(OH)–C–C–N with tert-alkyl or cyclic N) is 1. The zero-order valence-electron chi connectivity index (χ0n) is 11.0. The topological polar surface area (TPSA) is 49.8 Å². The monoisotopic (exact) mass is 241 g/mol. The minimum Gasteiger partial charge on any atom is -0.387 e. The molecule has 1 aliphatic heterocycles. The van der Waals surface area contributed by atoms with Crippen molar-refractivity contribution in [3.05, 3.63) is 0 Å². The first-order valence-electron chi connectivity index (χ1n) is 6.55. The molecule has 1 saturated carbocycles. The van der Waals surface area contributed by atoms with Crippen LogP contribution in [0.2, 0.25) is 0 Å². The molecule has 0 aromatic heterocycles. The second kappa shape index (κ2) is 4.58. The Morgan fingerprint density at radius 3 is 2.71 bits per heavy atom. The van der Waals surface area contributed by atoms with E-state index in [9.17, 15) is 9.90 Å². The van der Waals surface area contributed by atoms with E-state index in [1.54, 1.807) is 4.90 Å². The summed E-state index contributed by atoms with van der Waals surface area (Å²) in [6.45, 7) is 7.15. The van der Waals surface area contributed by atoms with Crippen molar-refractivity contribution in [3.63, 3.8) is 0 Å². The number of hydrogen-bond acceptors (Lipinski definition) is 3. The molecule has 1 N–H and O–H groups in total. The van der Waals surface area contributed by atoms with Gasteiger partial charge in [-0.15, -0.1) is 0 Å². The number of carbonyl (C=O) groups excluding carboxylic acids is 1. The van der Waals surface area contributed by atoms with E-state index < -0.39 is 5.60 Å². The highest BCUT2D eigenvalue weighted by Crippen LogP contribution is 2.46. The second-order valence-corrected chi connectivity index (χ2v) is 5.80. The number of nitrogens with zero attached hydrogens (tertiary/aromatic N) is 1. The fourth-order valence-corrected chi connectivity index (χ4v) is 2.65. The van der Waals surface area contributed by atoms with Crippen LogP contribution < -0.4 is 0 Å². The Morgan fingerprint density at radius 2 is 2.18 bits per heavy atom. The summed E-state index contributed by atoms with van der Waals surface area (Å²) in [4.78, 5) is 13.7. The molecule has 0 unspecified atom stereocenters.